The largest absolute Gasteiger partial charge is 0.390 e. The molecule has 0 spiro atoms. The summed E-state index contributed by atoms with van der Waals surface area (Å²) in [5.41, 5.74) is 0. The van der Waals surface area contributed by atoms with Crippen LogP contribution in [-0.2, 0) is 14.3 Å². The smallest absolute Gasteiger partial charge is 0.339 e. The van der Waals surface area contributed by atoms with E-state index in [1.54, 1.807) is 6.08 Å². The molecule has 0 unspecified atom stereocenters. The zero-order valence-corrected chi connectivity index (χ0v) is 6.82. The maximum absolute atomic E-state index is 9.98. The van der Waals surface area contributed by atoms with Crippen LogP contribution in [0.3, 0.4) is 0 Å². The van der Waals surface area contributed by atoms with Gasteiger partial charge in [0.25, 0.3) is 0 Å². The van der Waals surface area contributed by atoms with Crippen LogP contribution in [-0.4, -0.2) is 35.4 Å². The Morgan fingerprint density at radius 2 is 1.58 bits per heavy atom. The lowest BCUT2D eigenvalue weighted by molar-refractivity contribution is -0.163. The lowest BCUT2D eigenvalue weighted by atomic mass is 10.7. The highest BCUT2D eigenvalue weighted by Crippen LogP contribution is 1.76. The Morgan fingerprint density at radius 1 is 1.33 bits per heavy atom. The Kier molecular flexibility index (Phi) is 10.9. The van der Waals surface area contributed by atoms with E-state index in [0.29, 0.717) is 0 Å². The molecule has 5 heteroatoms. The zero-order valence-electron chi connectivity index (χ0n) is 6.82. The van der Waals surface area contributed by atoms with Crippen LogP contribution in [0.5, 0.6) is 0 Å². The first-order valence-electron chi connectivity index (χ1n) is 3.14. The molecule has 0 saturated heterocycles. The number of allylic oxidation sites excluding steroid dienone is 1. The molecule has 0 radical (unpaired) electrons. The lowest BCUT2D eigenvalue weighted by Crippen LogP contribution is -2.17. The summed E-state index contributed by atoms with van der Waals surface area (Å²) in [6, 6.07) is 0. The van der Waals surface area contributed by atoms with Gasteiger partial charge in [0, 0.05) is 0 Å². The van der Waals surface area contributed by atoms with Crippen LogP contribution >= 0.6 is 0 Å². The highest BCUT2D eigenvalue weighted by atomic mass is 16.6. The highest BCUT2D eigenvalue weighted by Gasteiger charge is 2.05. The van der Waals surface area contributed by atoms with Gasteiger partial charge in [-0.15, -0.1) is 6.58 Å². The number of rotatable bonds is 2. The van der Waals surface area contributed by atoms with E-state index in [2.05, 4.69) is 11.3 Å². The number of hydrogen-bond acceptors (Lipinski definition) is 5. The van der Waals surface area contributed by atoms with Crippen LogP contribution in [0.1, 0.15) is 6.92 Å². The standard InChI is InChI=1S/C4H6O5.C3H6/c5-1-3(7)9-4(8)2-6;1-3-2/h5-6H,1-2H2;3H,1H2,2H3. The van der Waals surface area contributed by atoms with Crippen molar-refractivity contribution >= 4 is 11.9 Å². The third-order valence-electron chi connectivity index (χ3n) is 0.486. The van der Waals surface area contributed by atoms with Crippen molar-refractivity contribution in [2.45, 2.75) is 6.92 Å². The van der Waals surface area contributed by atoms with Gasteiger partial charge < -0.3 is 14.9 Å². The molecule has 0 aliphatic carbocycles. The Labute approximate surface area is 70.3 Å². The molecule has 0 heterocycles. The summed E-state index contributed by atoms with van der Waals surface area (Å²) in [4.78, 5) is 20.0. The molecule has 0 aromatic carbocycles. The molecule has 0 atom stereocenters. The summed E-state index contributed by atoms with van der Waals surface area (Å²) < 4.78 is 3.77. The molecule has 70 valence electrons. The molecular weight excluding hydrogens is 164 g/mol. The van der Waals surface area contributed by atoms with Gasteiger partial charge in [-0.1, -0.05) is 6.08 Å². The summed E-state index contributed by atoms with van der Waals surface area (Å²) in [7, 11) is 0. The molecule has 0 aliphatic rings. The summed E-state index contributed by atoms with van der Waals surface area (Å²) in [6.45, 7) is 3.54. The summed E-state index contributed by atoms with van der Waals surface area (Å²) >= 11 is 0. The van der Waals surface area contributed by atoms with Crippen molar-refractivity contribution < 1.29 is 24.5 Å². The van der Waals surface area contributed by atoms with Gasteiger partial charge in [-0.05, 0) is 6.92 Å². The average Bonchev–Trinajstić information content (AvgIpc) is 2.05. The summed E-state index contributed by atoms with van der Waals surface area (Å²) in [5.74, 6) is -2.12. The van der Waals surface area contributed by atoms with E-state index in [1.807, 2.05) is 6.92 Å². The molecule has 2 N–H and O–H groups in total. The number of hydrogen-bond donors (Lipinski definition) is 2. The van der Waals surface area contributed by atoms with Crippen molar-refractivity contribution in [2.24, 2.45) is 0 Å². The SMILES string of the molecule is C=CC.O=C(CO)OC(=O)CO. The first-order valence-corrected chi connectivity index (χ1v) is 3.14. The van der Waals surface area contributed by atoms with Crippen molar-refractivity contribution in [1.82, 2.24) is 0 Å². The van der Waals surface area contributed by atoms with E-state index in [1.165, 1.54) is 0 Å². The van der Waals surface area contributed by atoms with E-state index in [4.69, 9.17) is 10.2 Å². The highest BCUT2D eigenvalue weighted by molar-refractivity contribution is 5.86. The second-order valence-corrected chi connectivity index (χ2v) is 1.57. The molecule has 0 aromatic rings. The number of aliphatic hydroxyl groups excluding tert-OH is 2. The molecule has 0 fully saturated rings. The van der Waals surface area contributed by atoms with Crippen molar-refractivity contribution in [3.63, 3.8) is 0 Å². The molecule has 0 aliphatic heterocycles. The van der Waals surface area contributed by atoms with Crippen LogP contribution in [0.4, 0.5) is 0 Å². The lowest BCUT2D eigenvalue weighted by Gasteiger charge is -1.94. The first kappa shape index (κ1) is 13.4. The van der Waals surface area contributed by atoms with E-state index in [0.717, 1.165) is 0 Å². The maximum Gasteiger partial charge on any atom is 0.339 e. The molecule has 12 heavy (non-hydrogen) atoms. The van der Waals surface area contributed by atoms with Gasteiger partial charge in [0.05, 0.1) is 0 Å². The van der Waals surface area contributed by atoms with E-state index in [9.17, 15) is 9.59 Å². The molecule has 0 aromatic heterocycles. The van der Waals surface area contributed by atoms with Gasteiger partial charge in [0.15, 0.2) is 0 Å². The van der Waals surface area contributed by atoms with E-state index < -0.39 is 25.2 Å². The number of ether oxygens (including phenoxy) is 1. The molecule has 0 saturated carbocycles. The van der Waals surface area contributed by atoms with Gasteiger partial charge in [-0.2, -0.15) is 0 Å². The van der Waals surface area contributed by atoms with Crippen molar-refractivity contribution in [1.29, 1.82) is 0 Å². The molecule has 0 amide bonds. The van der Waals surface area contributed by atoms with Crippen LogP contribution < -0.4 is 0 Å². The second-order valence-electron chi connectivity index (χ2n) is 1.57. The van der Waals surface area contributed by atoms with Gasteiger partial charge in [-0.3, -0.25) is 0 Å². The van der Waals surface area contributed by atoms with Crippen LogP contribution in [0.15, 0.2) is 12.7 Å². The average molecular weight is 176 g/mol. The minimum Gasteiger partial charge on any atom is -0.390 e. The molecular formula is C7H12O5. The first-order chi connectivity index (χ1) is 5.62. The minimum absolute atomic E-state index is 0.855. The third kappa shape index (κ3) is 11.6. The third-order valence-corrected chi connectivity index (χ3v) is 0.486. The van der Waals surface area contributed by atoms with Crippen LogP contribution in [0.25, 0.3) is 0 Å². The number of carbonyl (C=O) groups excluding carboxylic acids is 2. The fourth-order valence-corrected chi connectivity index (χ4v) is 0.192. The summed E-state index contributed by atoms with van der Waals surface area (Å²) in [6.07, 6.45) is 1.75. The van der Waals surface area contributed by atoms with E-state index in [-0.39, 0.29) is 0 Å². The monoisotopic (exact) mass is 176 g/mol. The Morgan fingerprint density at radius 3 is 1.75 bits per heavy atom. The zero-order chi connectivity index (χ0) is 9.98. The van der Waals surface area contributed by atoms with Crippen molar-refractivity contribution in [2.75, 3.05) is 13.2 Å². The second kappa shape index (κ2) is 9.80. The van der Waals surface area contributed by atoms with Crippen LogP contribution in [0.2, 0.25) is 0 Å². The Hall–Kier alpha value is -1.20. The fourth-order valence-electron chi connectivity index (χ4n) is 0.192. The minimum atomic E-state index is -1.06. The topological polar surface area (TPSA) is 83.8 Å². The van der Waals surface area contributed by atoms with Crippen molar-refractivity contribution in [3.8, 4) is 0 Å². The number of aliphatic hydroxyl groups is 2. The maximum atomic E-state index is 9.98. The normalized spacial score (nSPS) is 7.58. The van der Waals surface area contributed by atoms with Gasteiger partial charge >= 0.3 is 11.9 Å². The predicted octanol–water partition coefficient (Wildman–Crippen LogP) is -0.767. The molecule has 0 bridgehead atoms. The quantitative estimate of drug-likeness (QED) is 0.328. The van der Waals surface area contributed by atoms with Gasteiger partial charge in [-0.25, -0.2) is 9.59 Å². The van der Waals surface area contributed by atoms with Crippen LogP contribution in [0, 0.1) is 0 Å². The number of carbonyl (C=O) groups is 2. The molecule has 5 nitrogen and oxygen atoms in total. The predicted molar refractivity (Wildman–Crippen MR) is 41.1 cm³/mol. The van der Waals surface area contributed by atoms with Gasteiger partial charge in [0.1, 0.15) is 13.2 Å². The Bertz CT molecular complexity index is 138. The number of esters is 2. The molecule has 0 rings (SSSR count). The van der Waals surface area contributed by atoms with Gasteiger partial charge in [0.2, 0.25) is 0 Å². The fraction of sp³-hybridized carbons (Fsp3) is 0.429. The van der Waals surface area contributed by atoms with Crippen molar-refractivity contribution in [3.05, 3.63) is 12.7 Å². The Balaban J connectivity index is 0. The van der Waals surface area contributed by atoms with E-state index >= 15 is 0 Å². The summed E-state index contributed by atoms with van der Waals surface area (Å²) in [5, 5.41) is 15.9.